The van der Waals surface area contributed by atoms with Gasteiger partial charge in [0.2, 0.25) is 0 Å². The van der Waals surface area contributed by atoms with Crippen LogP contribution < -0.4 is 4.74 Å². The van der Waals surface area contributed by atoms with E-state index >= 15 is 0 Å². The molecule has 0 spiro atoms. The summed E-state index contributed by atoms with van der Waals surface area (Å²) in [6, 6.07) is 7.01. The lowest BCUT2D eigenvalue weighted by Crippen LogP contribution is -1.90. The summed E-state index contributed by atoms with van der Waals surface area (Å²) >= 11 is 2.85. The standard InChI is InChI=1S/C9H8BrNO3/c1-14-8-4-2-3-7(5-8)6-9(10)11(12)13/h2-6H,1H3/b9-6+. The number of halogens is 1. The molecule has 0 aliphatic heterocycles. The Morgan fingerprint density at radius 2 is 2.36 bits per heavy atom. The average molecular weight is 258 g/mol. The fourth-order valence-corrected chi connectivity index (χ4v) is 1.19. The minimum atomic E-state index is -0.501. The second kappa shape index (κ2) is 4.76. The summed E-state index contributed by atoms with van der Waals surface area (Å²) in [6.45, 7) is 0. The van der Waals surface area contributed by atoms with Crippen LogP contribution in [0.5, 0.6) is 5.75 Å². The van der Waals surface area contributed by atoms with Crippen LogP contribution in [0.1, 0.15) is 5.56 Å². The van der Waals surface area contributed by atoms with Crippen LogP contribution in [-0.4, -0.2) is 12.0 Å². The lowest BCUT2D eigenvalue weighted by Gasteiger charge is -1.99. The van der Waals surface area contributed by atoms with E-state index in [0.717, 1.165) is 0 Å². The van der Waals surface area contributed by atoms with Crippen LogP contribution in [0.25, 0.3) is 6.08 Å². The molecule has 14 heavy (non-hydrogen) atoms. The summed E-state index contributed by atoms with van der Waals surface area (Å²) < 4.78 is 4.90. The first-order valence-corrected chi connectivity index (χ1v) is 4.58. The predicted molar refractivity (Wildman–Crippen MR) is 56.9 cm³/mol. The third kappa shape index (κ3) is 2.85. The molecule has 1 aromatic carbocycles. The van der Waals surface area contributed by atoms with Gasteiger partial charge < -0.3 is 4.74 Å². The van der Waals surface area contributed by atoms with Crippen molar-refractivity contribution < 1.29 is 9.66 Å². The van der Waals surface area contributed by atoms with Crippen molar-refractivity contribution in [2.45, 2.75) is 0 Å². The first kappa shape index (κ1) is 10.7. The number of hydrogen-bond acceptors (Lipinski definition) is 3. The van der Waals surface area contributed by atoms with E-state index in [0.29, 0.717) is 11.3 Å². The third-order valence-electron chi connectivity index (χ3n) is 1.55. The highest BCUT2D eigenvalue weighted by Gasteiger charge is 2.04. The highest BCUT2D eigenvalue weighted by molar-refractivity contribution is 9.11. The minimum Gasteiger partial charge on any atom is -0.497 e. The van der Waals surface area contributed by atoms with Crippen LogP contribution in [0, 0.1) is 10.1 Å². The third-order valence-corrected chi connectivity index (χ3v) is 2.07. The van der Waals surface area contributed by atoms with Gasteiger partial charge in [0.15, 0.2) is 0 Å². The van der Waals surface area contributed by atoms with E-state index < -0.39 is 4.92 Å². The van der Waals surface area contributed by atoms with Gasteiger partial charge in [-0.3, -0.25) is 10.1 Å². The summed E-state index contributed by atoms with van der Waals surface area (Å²) in [4.78, 5) is 9.82. The van der Waals surface area contributed by atoms with Gasteiger partial charge in [0, 0.05) is 22.0 Å². The van der Waals surface area contributed by atoms with Crippen LogP contribution in [0.4, 0.5) is 0 Å². The minimum absolute atomic E-state index is 0.0780. The number of benzene rings is 1. The second-order valence-electron chi connectivity index (χ2n) is 2.50. The Hall–Kier alpha value is -1.36. The van der Waals surface area contributed by atoms with Crippen molar-refractivity contribution in [2.75, 3.05) is 7.11 Å². The molecule has 0 aromatic heterocycles. The Bertz CT molecular complexity index is 376. The van der Waals surface area contributed by atoms with Gasteiger partial charge in [-0.05, 0) is 17.7 Å². The van der Waals surface area contributed by atoms with E-state index in [1.54, 1.807) is 31.4 Å². The maximum absolute atomic E-state index is 10.3. The molecule has 74 valence electrons. The van der Waals surface area contributed by atoms with Gasteiger partial charge in [-0.25, -0.2) is 0 Å². The highest BCUT2D eigenvalue weighted by Crippen LogP contribution is 2.17. The Kier molecular flexibility index (Phi) is 3.64. The van der Waals surface area contributed by atoms with E-state index in [4.69, 9.17) is 4.74 Å². The molecule has 0 radical (unpaired) electrons. The maximum atomic E-state index is 10.3. The zero-order valence-electron chi connectivity index (χ0n) is 7.44. The fourth-order valence-electron chi connectivity index (χ4n) is 0.922. The lowest BCUT2D eigenvalue weighted by molar-refractivity contribution is -0.407. The molecular formula is C9H8BrNO3. The molecular weight excluding hydrogens is 250 g/mol. The molecule has 5 heteroatoms. The van der Waals surface area contributed by atoms with Gasteiger partial charge in [-0.15, -0.1) is 0 Å². The molecule has 0 saturated carbocycles. The van der Waals surface area contributed by atoms with Crippen molar-refractivity contribution in [2.24, 2.45) is 0 Å². The fraction of sp³-hybridized carbons (Fsp3) is 0.111. The molecule has 0 aliphatic rings. The molecule has 0 atom stereocenters. The Balaban J connectivity index is 2.97. The van der Waals surface area contributed by atoms with Gasteiger partial charge in [0.05, 0.1) is 12.0 Å². The van der Waals surface area contributed by atoms with Crippen LogP contribution in [0.3, 0.4) is 0 Å². The zero-order chi connectivity index (χ0) is 10.6. The SMILES string of the molecule is COc1cccc(/C=C(\Br)[N+](=O)[O-])c1. The summed E-state index contributed by atoms with van der Waals surface area (Å²) in [5.74, 6) is 0.669. The van der Waals surface area contributed by atoms with Crippen molar-refractivity contribution in [3.8, 4) is 5.75 Å². The van der Waals surface area contributed by atoms with Crippen LogP contribution in [-0.2, 0) is 0 Å². The first-order chi connectivity index (χ1) is 6.63. The molecule has 0 aliphatic carbocycles. The Morgan fingerprint density at radius 3 is 2.93 bits per heavy atom. The quantitative estimate of drug-likeness (QED) is 0.475. The van der Waals surface area contributed by atoms with E-state index in [1.807, 2.05) is 0 Å². The van der Waals surface area contributed by atoms with Crippen molar-refractivity contribution in [1.82, 2.24) is 0 Å². The van der Waals surface area contributed by atoms with E-state index in [-0.39, 0.29) is 4.61 Å². The monoisotopic (exact) mass is 257 g/mol. The molecule has 4 nitrogen and oxygen atoms in total. The molecule has 1 aromatic rings. The van der Waals surface area contributed by atoms with Crippen LogP contribution in [0.15, 0.2) is 28.9 Å². The molecule has 0 N–H and O–H groups in total. The van der Waals surface area contributed by atoms with Crippen molar-refractivity contribution in [1.29, 1.82) is 0 Å². The zero-order valence-corrected chi connectivity index (χ0v) is 9.02. The van der Waals surface area contributed by atoms with Gasteiger partial charge in [0.1, 0.15) is 5.75 Å². The molecule has 0 bridgehead atoms. The maximum Gasteiger partial charge on any atom is 0.311 e. The van der Waals surface area contributed by atoms with Gasteiger partial charge in [-0.1, -0.05) is 12.1 Å². The normalized spacial score (nSPS) is 11.1. The van der Waals surface area contributed by atoms with E-state index in [2.05, 4.69) is 15.9 Å². The smallest absolute Gasteiger partial charge is 0.311 e. The lowest BCUT2D eigenvalue weighted by atomic mass is 10.2. The number of methoxy groups -OCH3 is 1. The molecule has 0 unspecified atom stereocenters. The average Bonchev–Trinajstić information content (AvgIpc) is 2.18. The Morgan fingerprint density at radius 1 is 1.64 bits per heavy atom. The summed E-state index contributed by atoms with van der Waals surface area (Å²) in [5, 5.41) is 10.3. The van der Waals surface area contributed by atoms with Gasteiger partial charge in [-0.2, -0.15) is 0 Å². The molecule has 0 fully saturated rings. The molecule has 0 heterocycles. The van der Waals surface area contributed by atoms with Crippen molar-refractivity contribution in [3.63, 3.8) is 0 Å². The van der Waals surface area contributed by atoms with E-state index in [9.17, 15) is 10.1 Å². The Labute approximate surface area is 89.5 Å². The first-order valence-electron chi connectivity index (χ1n) is 3.79. The highest BCUT2D eigenvalue weighted by atomic mass is 79.9. The summed E-state index contributed by atoms with van der Waals surface area (Å²) in [6.07, 6.45) is 1.42. The number of nitrogens with zero attached hydrogens (tertiary/aromatic N) is 1. The number of ether oxygens (including phenoxy) is 1. The number of nitro groups is 1. The van der Waals surface area contributed by atoms with Crippen LogP contribution >= 0.6 is 15.9 Å². The van der Waals surface area contributed by atoms with E-state index in [1.165, 1.54) is 6.08 Å². The van der Waals surface area contributed by atoms with Crippen LogP contribution in [0.2, 0.25) is 0 Å². The summed E-state index contributed by atoms with van der Waals surface area (Å²) in [7, 11) is 1.55. The van der Waals surface area contributed by atoms with Gasteiger partial charge in [0.25, 0.3) is 0 Å². The summed E-state index contributed by atoms with van der Waals surface area (Å²) in [5.41, 5.74) is 0.716. The molecule has 0 amide bonds. The largest absolute Gasteiger partial charge is 0.497 e. The van der Waals surface area contributed by atoms with Crippen molar-refractivity contribution >= 4 is 22.0 Å². The number of hydrogen-bond donors (Lipinski definition) is 0. The molecule has 0 saturated heterocycles. The van der Waals surface area contributed by atoms with Crippen molar-refractivity contribution in [3.05, 3.63) is 44.5 Å². The second-order valence-corrected chi connectivity index (χ2v) is 3.31. The van der Waals surface area contributed by atoms with Gasteiger partial charge >= 0.3 is 4.61 Å². The topological polar surface area (TPSA) is 52.4 Å². The number of rotatable bonds is 3. The predicted octanol–water partition coefficient (Wildman–Crippen LogP) is 2.67. The molecule has 1 rings (SSSR count).